The molecule has 0 N–H and O–H groups in total. The molecule has 1 amide bonds. The van der Waals surface area contributed by atoms with Crippen molar-refractivity contribution in [1.29, 1.82) is 0 Å². The highest BCUT2D eigenvalue weighted by Crippen LogP contribution is 2.29. The second kappa shape index (κ2) is 8.00. The molecule has 1 fully saturated rings. The first-order chi connectivity index (χ1) is 14.3. The number of amides is 1. The van der Waals surface area contributed by atoms with Crippen LogP contribution >= 0.6 is 0 Å². The van der Waals surface area contributed by atoms with E-state index in [0.717, 1.165) is 30.2 Å². The average Bonchev–Trinajstić information content (AvgIpc) is 2.82. The van der Waals surface area contributed by atoms with Crippen LogP contribution in [0, 0.1) is 5.82 Å². The lowest BCUT2D eigenvalue weighted by atomic mass is 10.1. The minimum Gasteiger partial charge on any atom is -0.372 e. The van der Waals surface area contributed by atoms with E-state index in [1.54, 1.807) is 4.90 Å². The molecule has 2 aliphatic rings. The van der Waals surface area contributed by atoms with Gasteiger partial charge in [0.1, 0.15) is 10.7 Å². The molecule has 0 radical (unpaired) electrons. The van der Waals surface area contributed by atoms with Gasteiger partial charge in [0.05, 0.1) is 0 Å². The van der Waals surface area contributed by atoms with Gasteiger partial charge in [0.15, 0.2) is 0 Å². The minimum atomic E-state index is -3.92. The fourth-order valence-electron chi connectivity index (χ4n) is 4.10. The smallest absolute Gasteiger partial charge is 0.254 e. The standard InChI is InChI=1S/C22H26FN3O3S/c1-3-18-15-24(2)20-8-5-4-7-17(20)14-26(18)22(27)16-9-10-19(23)21(13-16)30(28,29)25-11-6-12-25/h4-5,7-10,13,18H,3,6,11-12,14-15H2,1-2H3/t18-/m1/s1. The quantitative estimate of drug-likeness (QED) is 0.747. The summed E-state index contributed by atoms with van der Waals surface area (Å²) in [6.07, 6.45) is 1.52. The van der Waals surface area contributed by atoms with Gasteiger partial charge in [0, 0.05) is 50.5 Å². The molecule has 2 aliphatic heterocycles. The first kappa shape index (κ1) is 20.8. The molecule has 0 unspecified atom stereocenters. The van der Waals surface area contributed by atoms with Crippen LogP contribution in [-0.2, 0) is 16.6 Å². The molecule has 8 heteroatoms. The number of fused-ring (bicyclic) bond motifs is 1. The van der Waals surface area contributed by atoms with Crippen LogP contribution in [0.2, 0.25) is 0 Å². The molecule has 1 atom stereocenters. The number of para-hydroxylation sites is 1. The molecular weight excluding hydrogens is 405 g/mol. The summed E-state index contributed by atoms with van der Waals surface area (Å²) in [6, 6.07) is 11.5. The molecule has 30 heavy (non-hydrogen) atoms. The molecule has 0 spiro atoms. The van der Waals surface area contributed by atoms with Crippen molar-refractivity contribution in [2.45, 2.75) is 37.2 Å². The van der Waals surface area contributed by atoms with Crippen molar-refractivity contribution in [2.75, 3.05) is 31.6 Å². The molecule has 4 rings (SSSR count). The summed E-state index contributed by atoms with van der Waals surface area (Å²) < 4.78 is 41.1. The van der Waals surface area contributed by atoms with Crippen molar-refractivity contribution < 1.29 is 17.6 Å². The van der Waals surface area contributed by atoms with Crippen LogP contribution < -0.4 is 4.90 Å². The fourth-order valence-corrected chi connectivity index (χ4v) is 5.70. The highest BCUT2D eigenvalue weighted by Gasteiger charge is 2.34. The predicted molar refractivity (Wildman–Crippen MR) is 113 cm³/mol. The number of anilines is 1. The second-order valence-corrected chi connectivity index (χ2v) is 9.81. The lowest BCUT2D eigenvalue weighted by Gasteiger charge is -2.31. The highest BCUT2D eigenvalue weighted by atomic mass is 32.2. The molecule has 0 aliphatic carbocycles. The second-order valence-electron chi connectivity index (χ2n) is 7.91. The van der Waals surface area contributed by atoms with Gasteiger partial charge in [-0.05, 0) is 42.7 Å². The zero-order chi connectivity index (χ0) is 21.5. The van der Waals surface area contributed by atoms with E-state index in [4.69, 9.17) is 0 Å². The summed E-state index contributed by atoms with van der Waals surface area (Å²) in [5, 5.41) is 0. The van der Waals surface area contributed by atoms with Crippen molar-refractivity contribution in [3.63, 3.8) is 0 Å². The molecule has 0 saturated carbocycles. The Morgan fingerprint density at radius 2 is 1.90 bits per heavy atom. The topological polar surface area (TPSA) is 60.9 Å². The summed E-state index contributed by atoms with van der Waals surface area (Å²) in [5.74, 6) is -1.11. The van der Waals surface area contributed by atoms with Crippen molar-refractivity contribution in [2.24, 2.45) is 0 Å². The maximum Gasteiger partial charge on any atom is 0.254 e. The lowest BCUT2D eigenvalue weighted by Crippen LogP contribution is -2.44. The van der Waals surface area contributed by atoms with Gasteiger partial charge >= 0.3 is 0 Å². The Balaban J connectivity index is 1.70. The summed E-state index contributed by atoms with van der Waals surface area (Å²) in [7, 11) is -1.92. The zero-order valence-corrected chi connectivity index (χ0v) is 18.0. The lowest BCUT2D eigenvalue weighted by molar-refractivity contribution is 0.0667. The van der Waals surface area contributed by atoms with Gasteiger partial charge in [-0.15, -0.1) is 0 Å². The first-order valence-electron chi connectivity index (χ1n) is 10.2. The largest absolute Gasteiger partial charge is 0.372 e. The van der Waals surface area contributed by atoms with Crippen LogP contribution in [0.25, 0.3) is 0 Å². The Morgan fingerprint density at radius 1 is 1.17 bits per heavy atom. The zero-order valence-electron chi connectivity index (χ0n) is 17.2. The third kappa shape index (κ3) is 3.58. The van der Waals surface area contributed by atoms with Gasteiger partial charge in [-0.25, -0.2) is 12.8 Å². The number of rotatable bonds is 4. The maximum absolute atomic E-state index is 14.4. The summed E-state index contributed by atoms with van der Waals surface area (Å²) in [5.41, 5.74) is 2.29. The molecule has 2 aromatic rings. The van der Waals surface area contributed by atoms with Crippen LogP contribution in [0.3, 0.4) is 0 Å². The normalized spacial score (nSPS) is 19.8. The van der Waals surface area contributed by atoms with E-state index in [1.165, 1.54) is 16.4 Å². The molecule has 1 saturated heterocycles. The third-order valence-corrected chi connectivity index (χ3v) is 7.93. The number of sulfonamides is 1. The number of likely N-dealkylation sites (N-methyl/N-ethyl adjacent to an activating group) is 1. The molecule has 160 valence electrons. The maximum atomic E-state index is 14.4. The monoisotopic (exact) mass is 431 g/mol. The number of hydrogen-bond acceptors (Lipinski definition) is 4. The van der Waals surface area contributed by atoms with E-state index in [2.05, 4.69) is 4.90 Å². The SMILES string of the molecule is CC[C@@H]1CN(C)c2ccccc2CN1C(=O)c1ccc(F)c(S(=O)(=O)N2CCC2)c1. The van der Waals surface area contributed by atoms with Gasteiger partial charge in [-0.1, -0.05) is 25.1 Å². The number of carbonyl (C=O) groups excluding carboxylic acids is 1. The molecule has 2 aromatic carbocycles. The number of nitrogens with zero attached hydrogens (tertiary/aromatic N) is 3. The molecular formula is C22H26FN3O3S. The summed E-state index contributed by atoms with van der Waals surface area (Å²) in [6.45, 7) is 3.88. The van der Waals surface area contributed by atoms with Gasteiger partial charge in [0.25, 0.3) is 5.91 Å². The Labute approximate surface area is 176 Å². The third-order valence-electron chi connectivity index (χ3n) is 6.01. The Bertz CT molecular complexity index is 1070. The predicted octanol–water partition coefficient (Wildman–Crippen LogP) is 3.09. The Morgan fingerprint density at radius 3 is 2.57 bits per heavy atom. The first-order valence-corrected chi connectivity index (χ1v) is 11.7. The number of hydrogen-bond donors (Lipinski definition) is 0. The van der Waals surface area contributed by atoms with E-state index in [0.29, 0.717) is 26.2 Å². The molecule has 0 bridgehead atoms. The minimum absolute atomic E-state index is 0.0459. The van der Waals surface area contributed by atoms with E-state index < -0.39 is 20.7 Å². The van der Waals surface area contributed by atoms with E-state index in [9.17, 15) is 17.6 Å². The van der Waals surface area contributed by atoms with E-state index in [1.807, 2.05) is 38.2 Å². The van der Waals surface area contributed by atoms with Crippen LogP contribution in [0.4, 0.5) is 10.1 Å². The van der Waals surface area contributed by atoms with E-state index >= 15 is 0 Å². The number of benzene rings is 2. The van der Waals surface area contributed by atoms with Crippen LogP contribution in [0.15, 0.2) is 47.4 Å². The van der Waals surface area contributed by atoms with Gasteiger partial charge in [-0.3, -0.25) is 4.79 Å². The van der Waals surface area contributed by atoms with Crippen molar-refractivity contribution >= 4 is 21.6 Å². The van der Waals surface area contributed by atoms with Gasteiger partial charge in [0.2, 0.25) is 10.0 Å². The Kier molecular flexibility index (Phi) is 5.55. The molecule has 6 nitrogen and oxygen atoms in total. The van der Waals surface area contributed by atoms with Crippen LogP contribution in [0.1, 0.15) is 35.7 Å². The van der Waals surface area contributed by atoms with Crippen molar-refractivity contribution in [1.82, 2.24) is 9.21 Å². The van der Waals surface area contributed by atoms with E-state index in [-0.39, 0.29) is 17.5 Å². The van der Waals surface area contributed by atoms with Crippen LogP contribution in [0.5, 0.6) is 0 Å². The average molecular weight is 432 g/mol. The summed E-state index contributed by atoms with van der Waals surface area (Å²) in [4.78, 5) is 16.9. The summed E-state index contributed by atoms with van der Waals surface area (Å²) >= 11 is 0. The molecule has 0 aromatic heterocycles. The van der Waals surface area contributed by atoms with Crippen LogP contribution in [-0.4, -0.2) is 56.3 Å². The Hall–Kier alpha value is -2.45. The van der Waals surface area contributed by atoms with Gasteiger partial charge in [-0.2, -0.15) is 4.31 Å². The van der Waals surface area contributed by atoms with Gasteiger partial charge < -0.3 is 9.80 Å². The number of halogens is 1. The van der Waals surface area contributed by atoms with Crippen molar-refractivity contribution in [3.8, 4) is 0 Å². The van der Waals surface area contributed by atoms with Crippen molar-refractivity contribution in [3.05, 3.63) is 59.4 Å². The molecule has 2 heterocycles. The number of carbonyl (C=O) groups is 1. The highest BCUT2D eigenvalue weighted by molar-refractivity contribution is 7.89. The fraction of sp³-hybridized carbons (Fsp3) is 0.409.